The van der Waals surface area contributed by atoms with Crippen molar-refractivity contribution in [3.63, 3.8) is 0 Å². The molecule has 0 aromatic rings. The van der Waals surface area contributed by atoms with Gasteiger partial charge < -0.3 is 33.8 Å². The molecule has 0 radical (unpaired) electrons. The number of unbranched alkanes of at least 4 members (excludes halogenated alkanes) is 31. The van der Waals surface area contributed by atoms with E-state index >= 15 is 0 Å². The van der Waals surface area contributed by atoms with Crippen LogP contribution in [0.2, 0.25) is 0 Å². The van der Waals surface area contributed by atoms with Crippen LogP contribution in [0.3, 0.4) is 0 Å². The third kappa shape index (κ3) is 63.0. The van der Waals surface area contributed by atoms with Crippen molar-refractivity contribution in [2.45, 2.75) is 349 Å². The van der Waals surface area contributed by atoms with E-state index in [1.165, 1.54) is 122 Å². The van der Waals surface area contributed by atoms with E-state index in [1.807, 2.05) is 0 Å². The molecule has 19 heteroatoms. The summed E-state index contributed by atoms with van der Waals surface area (Å²) in [5, 5.41) is 10.6. The lowest BCUT2D eigenvalue weighted by atomic mass is 9.99. The zero-order chi connectivity index (χ0) is 66.6. The monoisotopic (exact) mass is 1320 g/mol. The Labute approximate surface area is 548 Å². The highest BCUT2D eigenvalue weighted by molar-refractivity contribution is 7.47. The Morgan fingerprint density at radius 3 is 0.989 bits per heavy atom. The van der Waals surface area contributed by atoms with Crippen molar-refractivity contribution in [1.82, 2.24) is 0 Å². The van der Waals surface area contributed by atoms with Crippen LogP contribution in [0.1, 0.15) is 331 Å². The van der Waals surface area contributed by atoms with E-state index in [1.54, 1.807) is 0 Å². The predicted octanol–water partition coefficient (Wildman–Crippen LogP) is 19.8. The van der Waals surface area contributed by atoms with Crippen molar-refractivity contribution in [2.24, 2.45) is 17.8 Å². The van der Waals surface area contributed by atoms with E-state index in [-0.39, 0.29) is 25.7 Å². The van der Waals surface area contributed by atoms with Crippen LogP contribution in [0.4, 0.5) is 0 Å². The third-order valence-corrected chi connectivity index (χ3v) is 18.0. The molecule has 0 aliphatic heterocycles. The lowest BCUT2D eigenvalue weighted by Gasteiger charge is -2.21. The Morgan fingerprint density at radius 1 is 0.367 bits per heavy atom. The van der Waals surface area contributed by atoms with Gasteiger partial charge in [0, 0.05) is 25.7 Å². The molecule has 0 aromatic heterocycles. The Kier molecular flexibility index (Phi) is 59.7. The molecule has 0 rings (SSSR count). The molecule has 90 heavy (non-hydrogen) atoms. The zero-order valence-electron chi connectivity index (χ0n) is 58.1. The molecule has 4 unspecified atom stereocenters. The molecule has 0 aliphatic carbocycles. The average molecular weight is 1320 g/mol. The number of phosphoric ester groups is 2. The summed E-state index contributed by atoms with van der Waals surface area (Å²) in [4.78, 5) is 72.5. The van der Waals surface area contributed by atoms with E-state index in [4.69, 9.17) is 37.0 Å². The van der Waals surface area contributed by atoms with Gasteiger partial charge in [0.05, 0.1) is 26.4 Å². The molecule has 0 aromatic carbocycles. The normalized spacial score (nSPS) is 14.7. The second kappa shape index (κ2) is 61.4. The predicted molar refractivity (Wildman–Crippen MR) is 363 cm³/mol. The van der Waals surface area contributed by atoms with Gasteiger partial charge in [-0.25, -0.2) is 9.13 Å². The minimum atomic E-state index is -4.96. The van der Waals surface area contributed by atoms with E-state index < -0.39 is 97.5 Å². The lowest BCUT2D eigenvalue weighted by Crippen LogP contribution is -2.30. The fourth-order valence-corrected chi connectivity index (χ4v) is 11.7. The van der Waals surface area contributed by atoms with Crippen molar-refractivity contribution < 1.29 is 80.2 Å². The second-order valence-electron chi connectivity index (χ2n) is 26.1. The molecule has 0 aliphatic rings. The quantitative estimate of drug-likeness (QED) is 0.0169. The molecule has 0 saturated heterocycles. The van der Waals surface area contributed by atoms with Gasteiger partial charge in [-0.3, -0.25) is 37.3 Å². The second-order valence-corrected chi connectivity index (χ2v) is 29.0. The number of carbonyl (C=O) groups excluding carboxylic acids is 4. The SMILES string of the molecule is CCCCCC/C=C\C=C/CCCCCCCC(=O)O[C@H](COC(=O)CCCCCCCCCC(C)C)COP(=O)(O)OCC(O)COP(=O)(O)OC[C@@H](COC(=O)CCCCCCCCCCCCC(C)CC)OC(=O)CCCCCCCCCCC(C)C. The van der Waals surface area contributed by atoms with Gasteiger partial charge in [-0.15, -0.1) is 0 Å². The molecule has 17 nitrogen and oxygen atoms in total. The van der Waals surface area contributed by atoms with Crippen molar-refractivity contribution in [2.75, 3.05) is 39.6 Å². The summed E-state index contributed by atoms with van der Waals surface area (Å²) in [6, 6.07) is 0. The number of aliphatic hydroxyl groups excluding tert-OH is 1. The van der Waals surface area contributed by atoms with Crippen molar-refractivity contribution in [1.29, 1.82) is 0 Å². The number of aliphatic hydroxyl groups is 1. The Morgan fingerprint density at radius 2 is 0.656 bits per heavy atom. The molecule has 0 spiro atoms. The van der Waals surface area contributed by atoms with Crippen LogP contribution in [0.25, 0.3) is 0 Å². The maximum atomic E-state index is 13.0. The molecule has 0 amide bonds. The summed E-state index contributed by atoms with van der Waals surface area (Å²) in [6.07, 6.45) is 48.1. The summed E-state index contributed by atoms with van der Waals surface area (Å²) in [7, 11) is -9.92. The molecule has 0 saturated carbocycles. The van der Waals surface area contributed by atoms with Gasteiger partial charge in [0.25, 0.3) is 0 Å². The molecule has 0 bridgehead atoms. The van der Waals surface area contributed by atoms with Crippen LogP contribution in [-0.4, -0.2) is 96.7 Å². The molecule has 0 heterocycles. The first-order valence-corrected chi connectivity index (χ1v) is 39.2. The van der Waals surface area contributed by atoms with Crippen molar-refractivity contribution >= 4 is 39.5 Å². The van der Waals surface area contributed by atoms with Gasteiger partial charge in [-0.2, -0.15) is 0 Å². The molecule has 6 atom stereocenters. The minimum Gasteiger partial charge on any atom is -0.462 e. The van der Waals surface area contributed by atoms with Crippen LogP contribution in [-0.2, 0) is 65.4 Å². The number of hydrogen-bond acceptors (Lipinski definition) is 15. The fraction of sp³-hybridized carbons (Fsp3) is 0.887. The number of phosphoric acid groups is 2. The number of ether oxygens (including phenoxy) is 4. The van der Waals surface area contributed by atoms with E-state index in [0.717, 1.165) is 115 Å². The van der Waals surface area contributed by atoms with Crippen LogP contribution in [0.15, 0.2) is 24.3 Å². The Balaban J connectivity index is 5.28. The smallest absolute Gasteiger partial charge is 0.462 e. The van der Waals surface area contributed by atoms with Gasteiger partial charge in [0.1, 0.15) is 19.3 Å². The number of esters is 4. The van der Waals surface area contributed by atoms with Crippen molar-refractivity contribution in [3.8, 4) is 0 Å². The largest absolute Gasteiger partial charge is 0.472 e. The summed E-state index contributed by atoms with van der Waals surface area (Å²) >= 11 is 0. The van der Waals surface area contributed by atoms with Gasteiger partial charge in [0.2, 0.25) is 0 Å². The topological polar surface area (TPSA) is 237 Å². The van der Waals surface area contributed by atoms with E-state index in [0.29, 0.717) is 37.5 Å². The van der Waals surface area contributed by atoms with E-state index in [2.05, 4.69) is 72.8 Å². The zero-order valence-corrected chi connectivity index (χ0v) is 59.9. The molecule has 530 valence electrons. The number of carbonyl (C=O) groups is 4. The average Bonchev–Trinajstić information content (AvgIpc) is 3.22. The highest BCUT2D eigenvalue weighted by Gasteiger charge is 2.30. The van der Waals surface area contributed by atoms with E-state index in [9.17, 15) is 43.2 Å². The summed E-state index contributed by atoms with van der Waals surface area (Å²) in [5.41, 5.74) is 0. The molecular weight excluding hydrogens is 1190 g/mol. The summed E-state index contributed by atoms with van der Waals surface area (Å²) in [6.45, 7) is 11.7. The first-order valence-electron chi connectivity index (χ1n) is 36.2. The van der Waals surface area contributed by atoms with Gasteiger partial charge in [-0.05, 0) is 69.1 Å². The molecular formula is C71H134O17P2. The van der Waals surface area contributed by atoms with Crippen LogP contribution < -0.4 is 0 Å². The van der Waals surface area contributed by atoms with Crippen LogP contribution in [0, 0.1) is 17.8 Å². The summed E-state index contributed by atoms with van der Waals surface area (Å²) in [5.74, 6) is 0.0681. The Hall–Kier alpha value is -2.46. The Bertz CT molecular complexity index is 1860. The highest BCUT2D eigenvalue weighted by atomic mass is 31.2. The number of allylic oxidation sites excluding steroid dienone is 4. The number of rotatable bonds is 67. The van der Waals surface area contributed by atoms with Crippen LogP contribution in [0.5, 0.6) is 0 Å². The first-order chi connectivity index (χ1) is 43.3. The first kappa shape index (κ1) is 87.5. The lowest BCUT2D eigenvalue weighted by molar-refractivity contribution is -0.161. The molecule has 0 fully saturated rings. The van der Waals surface area contributed by atoms with Gasteiger partial charge in [0.15, 0.2) is 12.2 Å². The standard InChI is InChI=1S/C71H134O17P2/c1-8-10-11-12-13-14-15-16-17-18-19-24-32-40-47-54-70(75)87-67(59-82-69(74)53-46-39-34-27-29-36-43-50-63(5)6)61-86-90(79,80)84-57-65(72)56-83-89(77,78)85-60-66(88-71(76)55-48-41-33-26-25-28-35-42-49-62(3)4)58-81-68(73)52-45-38-31-23-21-20-22-30-37-44-51-64(7)9-2/h14-17,62-67,72H,8-13,18-61H2,1-7H3,(H,77,78)(H,79,80)/b15-14-,17-16-/t64?,65?,66-,67-/m1/s1. The maximum absolute atomic E-state index is 13.0. The number of hydrogen-bond donors (Lipinski definition) is 3. The highest BCUT2D eigenvalue weighted by Crippen LogP contribution is 2.45. The third-order valence-electron chi connectivity index (χ3n) is 16.1. The minimum absolute atomic E-state index is 0.0837. The fourth-order valence-electron chi connectivity index (χ4n) is 10.1. The summed E-state index contributed by atoms with van der Waals surface area (Å²) < 4.78 is 68.2. The van der Waals surface area contributed by atoms with Gasteiger partial charge in [-0.1, -0.05) is 278 Å². The maximum Gasteiger partial charge on any atom is 0.472 e. The van der Waals surface area contributed by atoms with Gasteiger partial charge >= 0.3 is 39.5 Å². The van der Waals surface area contributed by atoms with Crippen LogP contribution >= 0.6 is 15.6 Å². The van der Waals surface area contributed by atoms with Crippen molar-refractivity contribution in [3.05, 3.63) is 24.3 Å². The molecule has 3 N–H and O–H groups in total.